The van der Waals surface area contributed by atoms with Crippen molar-refractivity contribution in [1.29, 1.82) is 0 Å². The fraction of sp³-hybridized carbons (Fsp3) is 0.231. The smallest absolute Gasteiger partial charge is 0.172 e. The van der Waals surface area contributed by atoms with Crippen molar-refractivity contribution in [3.05, 3.63) is 161 Å². The predicted molar refractivity (Wildman–Crippen MR) is 169 cm³/mol. The summed E-state index contributed by atoms with van der Waals surface area (Å²) in [6.45, 7) is 13.7. The molecule has 5 aromatic carbocycles. The van der Waals surface area contributed by atoms with E-state index in [4.69, 9.17) is 0 Å². The van der Waals surface area contributed by atoms with E-state index < -0.39 is 0 Å². The molecule has 0 spiro atoms. The second-order valence-corrected chi connectivity index (χ2v) is 14.2. The van der Waals surface area contributed by atoms with Crippen LogP contribution in [0.15, 0.2) is 121 Å². The summed E-state index contributed by atoms with van der Waals surface area (Å²) < 4.78 is 1.46. The Bertz CT molecular complexity index is 1450. The maximum atomic E-state index is 3.55. The molecule has 0 unspecified atom stereocenters. The molecule has 1 aliphatic rings. The van der Waals surface area contributed by atoms with Crippen molar-refractivity contribution in [3.63, 3.8) is 0 Å². The van der Waals surface area contributed by atoms with Gasteiger partial charge in [0.1, 0.15) is 0 Å². The zero-order valence-corrected chi connectivity index (χ0v) is 28.3. The van der Waals surface area contributed by atoms with Crippen LogP contribution in [0, 0.1) is 6.07 Å². The molecule has 0 atom stereocenters. The monoisotopic (exact) mass is 688 g/mol. The van der Waals surface area contributed by atoms with Crippen LogP contribution < -0.4 is 0 Å². The number of rotatable bonds is 2. The molecule has 0 fully saturated rings. The van der Waals surface area contributed by atoms with Crippen LogP contribution in [0.3, 0.4) is 0 Å². The van der Waals surface area contributed by atoms with Gasteiger partial charge in [0.2, 0.25) is 0 Å². The van der Waals surface area contributed by atoms with E-state index in [0.717, 1.165) is 30.3 Å². The molecule has 0 heterocycles. The standard InChI is InChI=1S/C21H25.C13H10.C5H5.Hf/c1-20(2,3)15-11-10-14-12-18-16(17(14)13-15)8-7-9-19(18)21(4,5)6;1-3-7-12(8-4-1)11-13-9-5-2-6-10-13;1-2-4-5-3-1;/h7-9,11,13H,12H2,1-6H3;1-10H;1-5H;/q-1;;-1;+2. The van der Waals surface area contributed by atoms with Crippen molar-refractivity contribution in [3.8, 4) is 11.1 Å². The fourth-order valence-electron chi connectivity index (χ4n) is 4.95. The summed E-state index contributed by atoms with van der Waals surface area (Å²) in [6.07, 6.45) is 1.03. The van der Waals surface area contributed by atoms with E-state index in [2.05, 4.69) is 139 Å². The molecule has 40 heavy (non-hydrogen) atoms. The molecule has 6 rings (SSSR count). The average Bonchev–Trinajstić information content (AvgIpc) is 3.64. The second kappa shape index (κ2) is 13.1. The van der Waals surface area contributed by atoms with Crippen LogP contribution in [0.5, 0.6) is 0 Å². The first-order valence-corrected chi connectivity index (χ1v) is 15.9. The molecule has 0 aliphatic heterocycles. The molecule has 5 aromatic rings. The van der Waals surface area contributed by atoms with Gasteiger partial charge in [-0.05, 0) is 23.0 Å². The minimum absolute atomic E-state index is 0.177. The van der Waals surface area contributed by atoms with E-state index in [1.165, 1.54) is 47.8 Å². The van der Waals surface area contributed by atoms with Crippen LogP contribution in [0.2, 0.25) is 0 Å². The summed E-state index contributed by atoms with van der Waals surface area (Å²) in [5.41, 5.74) is 11.6. The van der Waals surface area contributed by atoms with Crippen molar-refractivity contribution in [1.82, 2.24) is 0 Å². The largest absolute Gasteiger partial charge is 0.214 e. The van der Waals surface area contributed by atoms with Gasteiger partial charge >= 0.3 is 98.9 Å². The molecular weight excluding hydrogens is 647 g/mol. The summed E-state index contributed by atoms with van der Waals surface area (Å²) in [5.74, 6) is 0. The summed E-state index contributed by atoms with van der Waals surface area (Å²) in [6, 6.07) is 46.1. The number of fused-ring (bicyclic) bond motifs is 3. The molecule has 0 nitrogen and oxygen atoms in total. The van der Waals surface area contributed by atoms with Gasteiger partial charge in [0.25, 0.3) is 0 Å². The quantitative estimate of drug-likeness (QED) is 0.126. The van der Waals surface area contributed by atoms with Crippen molar-refractivity contribution in [2.75, 3.05) is 0 Å². The van der Waals surface area contributed by atoms with E-state index in [9.17, 15) is 0 Å². The summed E-state index contributed by atoms with van der Waals surface area (Å²) >= 11 is 1.08. The Morgan fingerprint density at radius 1 is 0.675 bits per heavy atom. The second-order valence-electron chi connectivity index (χ2n) is 12.4. The first-order chi connectivity index (χ1) is 19.1. The first kappa shape index (κ1) is 29.9. The molecule has 0 N–H and O–H groups in total. The van der Waals surface area contributed by atoms with Crippen LogP contribution >= 0.6 is 0 Å². The molecule has 0 amide bonds. The van der Waals surface area contributed by atoms with E-state index in [1.54, 1.807) is 0 Å². The summed E-state index contributed by atoms with van der Waals surface area (Å²) in [7, 11) is 0. The van der Waals surface area contributed by atoms with Crippen molar-refractivity contribution in [2.45, 2.75) is 58.8 Å². The molecule has 1 heteroatoms. The molecule has 0 radical (unpaired) electrons. The Morgan fingerprint density at radius 3 is 1.73 bits per heavy atom. The SMILES string of the molecule is CC(C)(C)c1c[c-]c2c(c1)-c1cccc(C(C)(C)C)c1C2.[Hf+2]=[C](c1ccccc1)c1ccccc1.c1cc[cH-]c1. The van der Waals surface area contributed by atoms with Crippen LogP contribution in [0.1, 0.15) is 74.9 Å². The van der Waals surface area contributed by atoms with Gasteiger partial charge in [-0.2, -0.15) is 47.5 Å². The Kier molecular flexibility index (Phi) is 9.80. The summed E-state index contributed by atoms with van der Waals surface area (Å²) in [5, 5.41) is 0. The Morgan fingerprint density at radius 2 is 1.25 bits per heavy atom. The van der Waals surface area contributed by atoms with Crippen LogP contribution in [0.4, 0.5) is 0 Å². The zero-order chi connectivity index (χ0) is 28.8. The normalized spacial score (nSPS) is 11.8. The maximum absolute atomic E-state index is 3.55. The van der Waals surface area contributed by atoms with Crippen LogP contribution in [0.25, 0.3) is 11.1 Å². The van der Waals surface area contributed by atoms with Crippen LogP contribution in [-0.4, -0.2) is 3.26 Å². The topological polar surface area (TPSA) is 0 Å². The van der Waals surface area contributed by atoms with E-state index in [0.29, 0.717) is 0 Å². The van der Waals surface area contributed by atoms with Gasteiger partial charge in [0.15, 0.2) is 0 Å². The van der Waals surface area contributed by atoms with Gasteiger partial charge in [0, 0.05) is 0 Å². The molecular formula is C39H40Hf. The number of hydrogen-bond acceptors (Lipinski definition) is 0. The van der Waals surface area contributed by atoms with Gasteiger partial charge < -0.3 is 0 Å². The van der Waals surface area contributed by atoms with Crippen molar-refractivity contribution < 1.29 is 23.9 Å². The minimum Gasteiger partial charge on any atom is -0.214 e. The van der Waals surface area contributed by atoms with Gasteiger partial charge in [-0.25, -0.2) is 12.1 Å². The zero-order valence-electron chi connectivity index (χ0n) is 24.8. The average molecular weight is 687 g/mol. The summed E-state index contributed by atoms with van der Waals surface area (Å²) in [4.78, 5) is 0. The third-order valence-electron chi connectivity index (χ3n) is 7.20. The van der Waals surface area contributed by atoms with Gasteiger partial charge in [-0.1, -0.05) is 70.7 Å². The van der Waals surface area contributed by atoms with Gasteiger partial charge in [0.05, 0.1) is 0 Å². The predicted octanol–water partition coefficient (Wildman–Crippen LogP) is 9.86. The first-order valence-electron chi connectivity index (χ1n) is 14.1. The van der Waals surface area contributed by atoms with E-state index in [-0.39, 0.29) is 10.8 Å². The Labute approximate surface area is 256 Å². The van der Waals surface area contributed by atoms with Crippen molar-refractivity contribution >= 4 is 3.26 Å². The fourth-order valence-corrected chi connectivity index (χ4v) is 6.15. The van der Waals surface area contributed by atoms with Gasteiger partial charge in [-0.15, -0.1) is 5.56 Å². The third kappa shape index (κ3) is 7.58. The Hall–Kier alpha value is -3.03. The third-order valence-corrected chi connectivity index (χ3v) is 9.28. The molecule has 200 valence electrons. The minimum atomic E-state index is 0.177. The number of benzene rings is 4. The van der Waals surface area contributed by atoms with E-state index >= 15 is 0 Å². The molecule has 1 aliphatic carbocycles. The molecule has 0 bridgehead atoms. The maximum Gasteiger partial charge on any atom is -0.172 e. The van der Waals surface area contributed by atoms with Gasteiger partial charge in [-0.3, -0.25) is 0 Å². The molecule has 0 saturated heterocycles. The Balaban J connectivity index is 0.000000166. The molecule has 0 aromatic heterocycles. The molecule has 0 saturated carbocycles. The number of hydrogen-bond donors (Lipinski definition) is 0. The van der Waals surface area contributed by atoms with E-state index in [1.807, 2.05) is 30.3 Å². The van der Waals surface area contributed by atoms with Crippen LogP contribution in [-0.2, 0) is 41.1 Å². The van der Waals surface area contributed by atoms with Crippen molar-refractivity contribution in [2.24, 2.45) is 0 Å².